The molecule has 1 aromatic carbocycles. The van der Waals surface area contributed by atoms with Crippen LogP contribution in [0.15, 0.2) is 24.3 Å². The van der Waals surface area contributed by atoms with Crippen LogP contribution in [0.3, 0.4) is 0 Å². The van der Waals surface area contributed by atoms with E-state index in [4.69, 9.17) is 9.47 Å². The first-order valence-electron chi connectivity index (χ1n) is 5.87. The Labute approximate surface area is 97.8 Å². The van der Waals surface area contributed by atoms with Crippen molar-refractivity contribution < 1.29 is 9.47 Å². The minimum absolute atomic E-state index is 0.704. The Kier molecular flexibility index (Phi) is 6.61. The Morgan fingerprint density at radius 3 is 2.69 bits per heavy atom. The normalized spacial score (nSPS) is 10.4. The lowest BCUT2D eigenvalue weighted by molar-refractivity contribution is 0.149. The second-order valence-electron chi connectivity index (χ2n) is 3.41. The zero-order chi connectivity index (χ0) is 11.6. The van der Waals surface area contributed by atoms with E-state index in [0.29, 0.717) is 6.61 Å². The van der Waals surface area contributed by atoms with Crippen molar-refractivity contribution in [2.75, 3.05) is 26.4 Å². The monoisotopic (exact) mass is 223 g/mol. The highest BCUT2D eigenvalue weighted by atomic mass is 16.5. The second-order valence-corrected chi connectivity index (χ2v) is 3.41. The van der Waals surface area contributed by atoms with Gasteiger partial charge >= 0.3 is 0 Å². The second kappa shape index (κ2) is 8.13. The summed E-state index contributed by atoms with van der Waals surface area (Å²) < 4.78 is 10.8. The van der Waals surface area contributed by atoms with Gasteiger partial charge in [-0.25, -0.2) is 0 Å². The third-order valence-corrected chi connectivity index (χ3v) is 2.22. The molecule has 1 N–H and O–H groups in total. The van der Waals surface area contributed by atoms with Gasteiger partial charge in [-0.05, 0) is 19.9 Å². The molecule has 0 bridgehead atoms. The van der Waals surface area contributed by atoms with Crippen LogP contribution in [0.2, 0.25) is 0 Å². The molecule has 0 aliphatic heterocycles. The van der Waals surface area contributed by atoms with Crippen LogP contribution in [0.5, 0.6) is 5.75 Å². The maximum atomic E-state index is 5.54. The predicted molar refractivity (Wildman–Crippen MR) is 65.8 cm³/mol. The topological polar surface area (TPSA) is 30.5 Å². The molecule has 0 atom stereocenters. The van der Waals surface area contributed by atoms with E-state index in [1.807, 2.05) is 32.0 Å². The average Bonchev–Trinajstić information content (AvgIpc) is 2.31. The lowest BCUT2D eigenvalue weighted by atomic mass is 10.2. The average molecular weight is 223 g/mol. The number of para-hydroxylation sites is 1. The van der Waals surface area contributed by atoms with Gasteiger partial charge in [0.05, 0.1) is 13.2 Å². The fourth-order valence-corrected chi connectivity index (χ4v) is 1.46. The first-order chi connectivity index (χ1) is 7.88. The predicted octanol–water partition coefficient (Wildman–Crippen LogP) is 2.21. The maximum Gasteiger partial charge on any atom is 0.123 e. The number of nitrogens with one attached hydrogen (secondary N) is 1. The summed E-state index contributed by atoms with van der Waals surface area (Å²) in [6.07, 6.45) is 0. The van der Waals surface area contributed by atoms with E-state index >= 15 is 0 Å². The highest BCUT2D eigenvalue weighted by molar-refractivity contribution is 5.33. The molecule has 90 valence electrons. The minimum Gasteiger partial charge on any atom is -0.494 e. The van der Waals surface area contributed by atoms with Gasteiger partial charge in [-0.15, -0.1) is 0 Å². The van der Waals surface area contributed by atoms with Crippen molar-refractivity contribution in [2.24, 2.45) is 0 Å². The van der Waals surface area contributed by atoms with Crippen LogP contribution in [-0.2, 0) is 11.3 Å². The van der Waals surface area contributed by atoms with E-state index in [9.17, 15) is 0 Å². The zero-order valence-corrected chi connectivity index (χ0v) is 10.2. The van der Waals surface area contributed by atoms with E-state index in [1.54, 1.807) is 0 Å². The smallest absolute Gasteiger partial charge is 0.123 e. The highest BCUT2D eigenvalue weighted by Gasteiger charge is 2.00. The third-order valence-electron chi connectivity index (χ3n) is 2.22. The molecule has 1 rings (SSSR count). The molecule has 1 aromatic rings. The number of hydrogen-bond acceptors (Lipinski definition) is 3. The SMILES string of the molecule is CCOCCNCc1ccccc1OCC. The summed E-state index contributed by atoms with van der Waals surface area (Å²) in [7, 11) is 0. The molecule has 3 nitrogen and oxygen atoms in total. The van der Waals surface area contributed by atoms with E-state index < -0.39 is 0 Å². The van der Waals surface area contributed by atoms with Gasteiger partial charge in [0, 0.05) is 25.3 Å². The Bertz CT molecular complexity index is 289. The summed E-state index contributed by atoms with van der Waals surface area (Å²) >= 11 is 0. The Hall–Kier alpha value is -1.06. The number of hydrogen-bond donors (Lipinski definition) is 1. The molecule has 0 saturated heterocycles. The summed E-state index contributed by atoms with van der Waals surface area (Å²) in [5.41, 5.74) is 1.20. The molecule has 0 fully saturated rings. The molecular formula is C13H21NO2. The summed E-state index contributed by atoms with van der Waals surface area (Å²) in [5, 5.41) is 3.33. The molecule has 3 heteroatoms. The van der Waals surface area contributed by atoms with Crippen molar-refractivity contribution in [2.45, 2.75) is 20.4 Å². The van der Waals surface area contributed by atoms with Crippen LogP contribution in [0.4, 0.5) is 0 Å². The molecule has 0 saturated carbocycles. The molecule has 0 aliphatic carbocycles. The van der Waals surface area contributed by atoms with Crippen LogP contribution >= 0.6 is 0 Å². The van der Waals surface area contributed by atoms with Crippen molar-refractivity contribution in [3.8, 4) is 5.75 Å². The van der Waals surface area contributed by atoms with Crippen LogP contribution in [-0.4, -0.2) is 26.4 Å². The maximum absolute atomic E-state index is 5.54. The standard InChI is InChI=1S/C13H21NO2/c1-3-15-10-9-14-11-12-7-5-6-8-13(12)16-4-2/h5-8,14H,3-4,9-11H2,1-2H3. The lowest BCUT2D eigenvalue weighted by Gasteiger charge is -2.10. The van der Waals surface area contributed by atoms with E-state index in [-0.39, 0.29) is 0 Å². The molecule has 0 aromatic heterocycles. The largest absolute Gasteiger partial charge is 0.494 e. The Morgan fingerprint density at radius 1 is 1.12 bits per heavy atom. The Morgan fingerprint density at radius 2 is 1.94 bits per heavy atom. The van der Waals surface area contributed by atoms with E-state index in [2.05, 4.69) is 11.4 Å². The molecule has 0 unspecified atom stereocenters. The summed E-state index contributed by atoms with van der Waals surface area (Å²) in [6.45, 7) is 7.93. The van der Waals surface area contributed by atoms with E-state index in [1.165, 1.54) is 5.56 Å². The molecule has 0 amide bonds. The molecule has 0 heterocycles. The number of benzene rings is 1. The van der Waals surface area contributed by atoms with Crippen LogP contribution < -0.4 is 10.1 Å². The first kappa shape index (κ1) is 13.0. The molecule has 0 radical (unpaired) electrons. The van der Waals surface area contributed by atoms with Crippen molar-refractivity contribution in [3.05, 3.63) is 29.8 Å². The number of ether oxygens (including phenoxy) is 2. The fourth-order valence-electron chi connectivity index (χ4n) is 1.46. The van der Waals surface area contributed by atoms with Crippen LogP contribution in [0.25, 0.3) is 0 Å². The van der Waals surface area contributed by atoms with Gasteiger partial charge in [0.1, 0.15) is 5.75 Å². The quantitative estimate of drug-likeness (QED) is 0.685. The Balaban J connectivity index is 2.34. The fraction of sp³-hybridized carbons (Fsp3) is 0.538. The molecule has 0 aliphatic rings. The molecule has 16 heavy (non-hydrogen) atoms. The van der Waals surface area contributed by atoms with E-state index in [0.717, 1.165) is 32.1 Å². The van der Waals surface area contributed by atoms with Crippen molar-refractivity contribution >= 4 is 0 Å². The zero-order valence-electron chi connectivity index (χ0n) is 10.2. The van der Waals surface area contributed by atoms with Crippen molar-refractivity contribution in [1.29, 1.82) is 0 Å². The van der Waals surface area contributed by atoms with Gasteiger partial charge in [-0.2, -0.15) is 0 Å². The van der Waals surface area contributed by atoms with Crippen molar-refractivity contribution in [1.82, 2.24) is 5.32 Å². The summed E-state index contributed by atoms with van der Waals surface area (Å²) in [5.74, 6) is 0.967. The van der Waals surface area contributed by atoms with Gasteiger partial charge in [-0.3, -0.25) is 0 Å². The van der Waals surface area contributed by atoms with Gasteiger partial charge in [-0.1, -0.05) is 18.2 Å². The van der Waals surface area contributed by atoms with Crippen LogP contribution in [0.1, 0.15) is 19.4 Å². The highest BCUT2D eigenvalue weighted by Crippen LogP contribution is 2.17. The minimum atomic E-state index is 0.704. The van der Waals surface area contributed by atoms with Crippen molar-refractivity contribution in [3.63, 3.8) is 0 Å². The van der Waals surface area contributed by atoms with Gasteiger partial charge in [0.2, 0.25) is 0 Å². The van der Waals surface area contributed by atoms with Crippen LogP contribution in [0, 0.1) is 0 Å². The lowest BCUT2D eigenvalue weighted by Crippen LogP contribution is -2.19. The van der Waals surface area contributed by atoms with Gasteiger partial charge in [0.25, 0.3) is 0 Å². The summed E-state index contributed by atoms with van der Waals surface area (Å²) in [4.78, 5) is 0. The first-order valence-corrected chi connectivity index (χ1v) is 5.87. The molecular weight excluding hydrogens is 202 g/mol. The summed E-state index contributed by atoms with van der Waals surface area (Å²) in [6, 6.07) is 8.11. The number of rotatable bonds is 8. The van der Waals surface area contributed by atoms with Gasteiger partial charge < -0.3 is 14.8 Å². The van der Waals surface area contributed by atoms with Gasteiger partial charge in [0.15, 0.2) is 0 Å². The molecule has 0 spiro atoms. The third kappa shape index (κ3) is 4.64.